The smallest absolute Gasteiger partial charge is 0.278 e. The Morgan fingerprint density at radius 2 is 1.96 bits per heavy atom. The van der Waals surface area contributed by atoms with Crippen LogP contribution in [0.25, 0.3) is 11.0 Å². The molecule has 0 unspecified atom stereocenters. The molecule has 3 rings (SSSR count). The number of hydrogen-bond donors (Lipinski definition) is 2. The van der Waals surface area contributed by atoms with Gasteiger partial charge in [-0.1, -0.05) is 43.3 Å². The zero-order chi connectivity index (χ0) is 20.3. The molecule has 6 nitrogen and oxygen atoms in total. The number of amides is 1. The Labute approximate surface area is 168 Å². The predicted octanol–water partition coefficient (Wildman–Crippen LogP) is 4.18. The fourth-order valence-electron chi connectivity index (χ4n) is 3.15. The first kappa shape index (κ1) is 20.2. The number of thioether (sulfide) groups is 1. The minimum atomic E-state index is -0.107. The van der Waals surface area contributed by atoms with Crippen LogP contribution in [0.3, 0.4) is 0 Å². The number of aromatic nitrogens is 3. The summed E-state index contributed by atoms with van der Waals surface area (Å²) in [5.41, 5.74) is 4.90. The lowest BCUT2D eigenvalue weighted by atomic mass is 10.1. The van der Waals surface area contributed by atoms with Crippen LogP contribution in [0, 0.1) is 20.8 Å². The van der Waals surface area contributed by atoms with Gasteiger partial charge in [0.1, 0.15) is 5.52 Å². The van der Waals surface area contributed by atoms with Gasteiger partial charge in [-0.15, -0.1) is 0 Å². The predicted molar refractivity (Wildman–Crippen MR) is 115 cm³/mol. The van der Waals surface area contributed by atoms with Crippen LogP contribution >= 0.6 is 11.8 Å². The van der Waals surface area contributed by atoms with Crippen molar-refractivity contribution in [1.29, 1.82) is 0 Å². The Morgan fingerprint density at radius 3 is 2.64 bits per heavy atom. The van der Waals surface area contributed by atoms with Gasteiger partial charge in [0.15, 0.2) is 5.16 Å². The molecule has 0 saturated carbocycles. The lowest BCUT2D eigenvalue weighted by molar-refractivity contribution is -0.113. The molecular weight excluding hydrogens is 372 g/mol. The van der Waals surface area contributed by atoms with Crippen molar-refractivity contribution in [2.45, 2.75) is 52.2 Å². The molecule has 7 heteroatoms. The summed E-state index contributed by atoms with van der Waals surface area (Å²) in [6.07, 6.45) is 1.86. The van der Waals surface area contributed by atoms with Crippen molar-refractivity contribution in [3.8, 4) is 0 Å². The van der Waals surface area contributed by atoms with Gasteiger partial charge < -0.3 is 10.3 Å². The maximum Gasteiger partial charge on any atom is 0.278 e. The monoisotopic (exact) mass is 398 g/mol. The summed E-state index contributed by atoms with van der Waals surface area (Å²) in [5, 5.41) is 3.57. The second-order valence-corrected chi connectivity index (χ2v) is 7.96. The minimum Gasteiger partial charge on any atom is -0.353 e. The summed E-state index contributed by atoms with van der Waals surface area (Å²) in [4.78, 5) is 33.1. The summed E-state index contributed by atoms with van der Waals surface area (Å²) >= 11 is 1.30. The maximum absolute atomic E-state index is 12.9. The van der Waals surface area contributed by atoms with Crippen LogP contribution in [0.2, 0.25) is 0 Å². The number of nitrogens with zero attached hydrogens (tertiary/aromatic N) is 2. The first-order chi connectivity index (χ1) is 13.4. The Kier molecular flexibility index (Phi) is 6.24. The molecule has 3 aromatic rings. The number of benzene rings is 1. The van der Waals surface area contributed by atoms with E-state index in [4.69, 9.17) is 0 Å². The molecule has 0 bridgehead atoms. The summed E-state index contributed by atoms with van der Waals surface area (Å²) < 4.78 is 1.68. The lowest BCUT2D eigenvalue weighted by Crippen LogP contribution is -2.24. The zero-order valence-electron chi connectivity index (χ0n) is 16.8. The van der Waals surface area contributed by atoms with Gasteiger partial charge in [-0.3, -0.25) is 14.2 Å². The molecule has 148 valence electrons. The second kappa shape index (κ2) is 8.65. The number of unbranched alkanes of at least 4 members (excludes halogenated alkanes) is 1. The van der Waals surface area contributed by atoms with Gasteiger partial charge in [-0.2, -0.15) is 0 Å². The normalized spacial score (nSPS) is 11.1. The molecule has 0 aliphatic carbocycles. The van der Waals surface area contributed by atoms with E-state index in [0.29, 0.717) is 22.7 Å². The molecule has 28 heavy (non-hydrogen) atoms. The minimum absolute atomic E-state index is 0.0794. The van der Waals surface area contributed by atoms with Gasteiger partial charge in [0, 0.05) is 17.9 Å². The van der Waals surface area contributed by atoms with E-state index >= 15 is 0 Å². The number of anilines is 1. The van der Waals surface area contributed by atoms with Crippen LogP contribution in [-0.2, 0) is 11.3 Å². The van der Waals surface area contributed by atoms with Crippen molar-refractivity contribution < 1.29 is 4.79 Å². The molecule has 0 spiro atoms. The molecule has 0 fully saturated rings. The molecule has 0 radical (unpaired) electrons. The number of H-pyrrole nitrogens is 1. The van der Waals surface area contributed by atoms with Crippen LogP contribution in [-0.4, -0.2) is 26.2 Å². The van der Waals surface area contributed by atoms with Crippen LogP contribution < -0.4 is 10.9 Å². The quantitative estimate of drug-likeness (QED) is 0.462. The highest BCUT2D eigenvalue weighted by atomic mass is 32.2. The molecule has 0 atom stereocenters. The highest BCUT2D eigenvalue weighted by molar-refractivity contribution is 7.99. The summed E-state index contributed by atoms with van der Waals surface area (Å²) in [7, 11) is 0. The molecule has 0 aliphatic rings. The second-order valence-electron chi connectivity index (χ2n) is 7.02. The number of carbonyl (C=O) groups is 1. The summed E-state index contributed by atoms with van der Waals surface area (Å²) in [5.74, 6) is 0.0883. The van der Waals surface area contributed by atoms with Crippen molar-refractivity contribution in [3.05, 3.63) is 51.4 Å². The van der Waals surface area contributed by atoms with E-state index in [1.807, 2.05) is 45.0 Å². The number of carbonyl (C=O) groups excluding carboxylic acids is 1. The van der Waals surface area contributed by atoms with E-state index in [9.17, 15) is 9.59 Å². The molecular formula is C21H26N4O2S. The number of nitrogens with one attached hydrogen (secondary N) is 2. The Bertz CT molecular complexity index is 1050. The number of rotatable bonds is 7. The van der Waals surface area contributed by atoms with Gasteiger partial charge in [0.2, 0.25) is 5.91 Å². The van der Waals surface area contributed by atoms with Gasteiger partial charge in [0.25, 0.3) is 5.56 Å². The van der Waals surface area contributed by atoms with Gasteiger partial charge in [-0.05, 0) is 44.4 Å². The van der Waals surface area contributed by atoms with Crippen molar-refractivity contribution in [2.75, 3.05) is 11.1 Å². The maximum atomic E-state index is 12.9. The van der Waals surface area contributed by atoms with Crippen LogP contribution in [0.15, 0.2) is 34.2 Å². The summed E-state index contributed by atoms with van der Waals surface area (Å²) in [6, 6.07) is 7.78. The molecule has 0 aliphatic heterocycles. The molecule has 2 heterocycles. The fourth-order valence-corrected chi connectivity index (χ4v) is 3.98. The average Bonchev–Trinajstić information content (AvgIpc) is 3.03. The molecule has 1 aromatic carbocycles. The molecule has 1 amide bonds. The highest BCUT2D eigenvalue weighted by Gasteiger charge is 2.15. The number of aromatic amines is 1. The SMILES string of the molecule is CCCCn1c(SCC(=O)Nc2c(C)cccc2C)nc2cc(C)[nH]c2c1=O. The Hall–Kier alpha value is -2.54. The third-order valence-corrected chi connectivity index (χ3v) is 5.63. The van der Waals surface area contributed by atoms with Gasteiger partial charge in [0.05, 0.1) is 11.3 Å². The van der Waals surface area contributed by atoms with Crippen LogP contribution in [0.4, 0.5) is 5.69 Å². The Balaban J connectivity index is 1.82. The third-order valence-electron chi connectivity index (χ3n) is 4.65. The van der Waals surface area contributed by atoms with E-state index in [1.165, 1.54) is 11.8 Å². The summed E-state index contributed by atoms with van der Waals surface area (Å²) in [6.45, 7) is 8.53. The Morgan fingerprint density at radius 1 is 1.25 bits per heavy atom. The standard InChI is InChI=1S/C21H26N4O2S/c1-5-6-10-25-20(27)19-16(11-15(4)22-19)23-21(25)28-12-17(26)24-18-13(2)8-7-9-14(18)3/h7-9,11,22H,5-6,10,12H2,1-4H3,(H,24,26). The first-order valence-electron chi connectivity index (χ1n) is 9.49. The van der Waals surface area contributed by atoms with Crippen molar-refractivity contribution in [1.82, 2.24) is 14.5 Å². The first-order valence-corrected chi connectivity index (χ1v) is 10.5. The van der Waals surface area contributed by atoms with Crippen LogP contribution in [0.1, 0.15) is 36.6 Å². The number of para-hydroxylation sites is 1. The molecule has 0 saturated heterocycles. The van der Waals surface area contributed by atoms with E-state index in [0.717, 1.165) is 35.3 Å². The average molecular weight is 399 g/mol. The third kappa shape index (κ3) is 4.30. The van der Waals surface area contributed by atoms with Crippen molar-refractivity contribution in [2.24, 2.45) is 0 Å². The largest absolute Gasteiger partial charge is 0.353 e. The zero-order valence-corrected chi connectivity index (χ0v) is 17.6. The fraction of sp³-hybridized carbons (Fsp3) is 0.381. The highest BCUT2D eigenvalue weighted by Crippen LogP contribution is 2.22. The van der Waals surface area contributed by atoms with E-state index in [1.54, 1.807) is 4.57 Å². The number of fused-ring (bicyclic) bond motifs is 1. The van der Waals surface area contributed by atoms with E-state index < -0.39 is 0 Å². The topological polar surface area (TPSA) is 79.8 Å². The molecule has 2 N–H and O–H groups in total. The van der Waals surface area contributed by atoms with E-state index in [2.05, 4.69) is 22.2 Å². The number of aryl methyl sites for hydroxylation is 3. The van der Waals surface area contributed by atoms with Crippen molar-refractivity contribution >= 4 is 34.4 Å². The molecule has 2 aromatic heterocycles. The van der Waals surface area contributed by atoms with E-state index in [-0.39, 0.29) is 17.2 Å². The van der Waals surface area contributed by atoms with Crippen molar-refractivity contribution in [3.63, 3.8) is 0 Å². The van der Waals surface area contributed by atoms with Gasteiger partial charge >= 0.3 is 0 Å². The van der Waals surface area contributed by atoms with Crippen LogP contribution in [0.5, 0.6) is 0 Å². The van der Waals surface area contributed by atoms with Gasteiger partial charge in [-0.25, -0.2) is 4.98 Å². The number of hydrogen-bond acceptors (Lipinski definition) is 4. The lowest BCUT2D eigenvalue weighted by Gasteiger charge is -2.13.